The predicted octanol–water partition coefficient (Wildman–Crippen LogP) is 4.83. The summed E-state index contributed by atoms with van der Waals surface area (Å²) < 4.78 is 19.4. The topological polar surface area (TPSA) is 152 Å². The van der Waals surface area contributed by atoms with Crippen LogP contribution in [0.25, 0.3) is 11.0 Å². The number of likely N-dealkylation sites (N-methyl/N-ethyl adjacent to an activating group) is 2. The molecule has 0 fully saturated rings. The number of benzene rings is 2. The second-order valence-corrected chi connectivity index (χ2v) is 13.9. The first-order chi connectivity index (χ1) is 19.4. The first kappa shape index (κ1) is 30.1. The number of hydrogen-bond donors (Lipinski definition) is 2. The highest BCUT2D eigenvalue weighted by molar-refractivity contribution is 9.10. The van der Waals surface area contributed by atoms with E-state index in [-0.39, 0.29) is 11.6 Å². The Hall–Kier alpha value is -3.87. The summed E-state index contributed by atoms with van der Waals surface area (Å²) in [7, 11) is 4.37. The molecule has 2 N–H and O–H groups in total. The van der Waals surface area contributed by atoms with E-state index in [0.717, 1.165) is 6.54 Å². The molecule has 0 amide bonds. The molecule has 2 aromatic heterocycles. The SMILES string of the molecule is COc1cc(N(C)CCN(C)C)c([N+](=O)[O-])cc1Nc1ncc(Br)c(Nc2ccc3nccnc3c2P(C)(C)=O)n1. The Morgan fingerprint density at radius 1 is 1.05 bits per heavy atom. The van der Waals surface area contributed by atoms with Crippen LogP contribution in [0.2, 0.25) is 0 Å². The third-order valence-corrected chi connectivity index (χ3v) is 8.29. The van der Waals surface area contributed by atoms with E-state index in [0.29, 0.717) is 56.0 Å². The zero-order chi connectivity index (χ0) is 29.9. The number of rotatable bonds is 11. The van der Waals surface area contributed by atoms with Crippen LogP contribution in [0.3, 0.4) is 0 Å². The molecular formula is C26H31BrN9O4P. The van der Waals surface area contributed by atoms with E-state index in [1.54, 1.807) is 57.2 Å². The summed E-state index contributed by atoms with van der Waals surface area (Å²) in [6, 6.07) is 6.60. The largest absolute Gasteiger partial charge is 0.494 e. The minimum Gasteiger partial charge on any atom is -0.494 e. The van der Waals surface area contributed by atoms with Crippen molar-refractivity contribution in [3.63, 3.8) is 0 Å². The first-order valence-electron chi connectivity index (χ1n) is 12.5. The molecule has 4 aromatic rings. The van der Waals surface area contributed by atoms with Crippen molar-refractivity contribution < 1.29 is 14.2 Å². The van der Waals surface area contributed by atoms with E-state index < -0.39 is 12.1 Å². The molecule has 0 spiro atoms. The standard InChI is InChI=1S/C26H31BrN9O4P/c1-34(2)11-12-35(3)20-14-22(40-4)19(13-21(20)36(37)38)32-26-30-15-16(27)25(33-26)31-18-8-7-17-23(29-10-9-28-17)24(18)41(5,6)39/h7-10,13-15H,11-12H2,1-6H3,(H2,30,31,32,33). The molecule has 0 saturated heterocycles. The van der Waals surface area contributed by atoms with Crippen molar-refractivity contribution in [2.24, 2.45) is 0 Å². The number of hydrogen-bond acceptors (Lipinski definition) is 12. The van der Waals surface area contributed by atoms with Gasteiger partial charge in [-0.2, -0.15) is 4.98 Å². The maximum Gasteiger partial charge on any atom is 0.294 e. The van der Waals surface area contributed by atoms with Crippen LogP contribution in [-0.4, -0.2) is 84.4 Å². The van der Waals surface area contributed by atoms with E-state index in [4.69, 9.17) is 4.74 Å². The fraction of sp³-hybridized carbons (Fsp3) is 0.308. The number of fused-ring (bicyclic) bond motifs is 1. The van der Waals surface area contributed by atoms with Gasteiger partial charge in [-0.15, -0.1) is 0 Å². The van der Waals surface area contributed by atoms with Gasteiger partial charge in [0.25, 0.3) is 5.69 Å². The van der Waals surface area contributed by atoms with Crippen LogP contribution in [0, 0.1) is 10.1 Å². The average molecular weight is 644 g/mol. The zero-order valence-corrected chi connectivity index (χ0v) is 26.0. The lowest BCUT2D eigenvalue weighted by molar-refractivity contribution is -0.384. The molecular weight excluding hydrogens is 613 g/mol. The van der Waals surface area contributed by atoms with Gasteiger partial charge in [-0.25, -0.2) is 4.98 Å². The number of halogens is 1. The second kappa shape index (κ2) is 12.3. The van der Waals surface area contributed by atoms with Gasteiger partial charge >= 0.3 is 0 Å². The van der Waals surface area contributed by atoms with Crippen molar-refractivity contribution in [3.8, 4) is 5.75 Å². The van der Waals surface area contributed by atoms with Gasteiger partial charge in [0.1, 0.15) is 29.9 Å². The molecule has 0 aliphatic rings. The average Bonchev–Trinajstić information content (AvgIpc) is 2.92. The summed E-state index contributed by atoms with van der Waals surface area (Å²) in [5, 5.41) is 18.8. The molecule has 0 aliphatic heterocycles. The number of aromatic nitrogens is 4. The smallest absolute Gasteiger partial charge is 0.294 e. The van der Waals surface area contributed by atoms with Crippen molar-refractivity contribution in [2.75, 3.05) is 70.2 Å². The number of nitro groups is 1. The Balaban J connectivity index is 1.71. The highest BCUT2D eigenvalue weighted by atomic mass is 79.9. The van der Waals surface area contributed by atoms with E-state index in [9.17, 15) is 14.7 Å². The van der Waals surface area contributed by atoms with Crippen LogP contribution in [-0.2, 0) is 4.57 Å². The molecule has 0 atom stereocenters. The molecule has 2 aromatic carbocycles. The number of methoxy groups -OCH3 is 1. The van der Waals surface area contributed by atoms with E-state index >= 15 is 0 Å². The van der Waals surface area contributed by atoms with E-state index in [2.05, 4.69) is 46.5 Å². The fourth-order valence-corrected chi connectivity index (χ4v) is 5.86. The van der Waals surface area contributed by atoms with Crippen molar-refractivity contribution in [3.05, 3.63) is 57.4 Å². The van der Waals surface area contributed by atoms with Gasteiger partial charge in [-0.1, -0.05) is 0 Å². The Morgan fingerprint density at radius 3 is 2.44 bits per heavy atom. The summed E-state index contributed by atoms with van der Waals surface area (Å²) in [5.74, 6) is 0.931. The van der Waals surface area contributed by atoms with Crippen molar-refractivity contribution in [1.82, 2.24) is 24.8 Å². The van der Waals surface area contributed by atoms with Crippen molar-refractivity contribution in [2.45, 2.75) is 0 Å². The Morgan fingerprint density at radius 2 is 1.78 bits per heavy atom. The molecule has 0 aliphatic carbocycles. The number of anilines is 5. The molecule has 41 heavy (non-hydrogen) atoms. The maximum absolute atomic E-state index is 13.3. The summed E-state index contributed by atoms with van der Waals surface area (Å²) in [5.41, 5.74) is 2.40. The number of nitro benzene ring substituents is 1. The summed E-state index contributed by atoms with van der Waals surface area (Å²) in [4.78, 5) is 33.0. The highest BCUT2D eigenvalue weighted by Crippen LogP contribution is 2.42. The summed E-state index contributed by atoms with van der Waals surface area (Å²) in [6.45, 7) is 4.64. The monoisotopic (exact) mass is 643 g/mol. The third-order valence-electron chi connectivity index (χ3n) is 6.18. The zero-order valence-electron chi connectivity index (χ0n) is 23.5. The van der Waals surface area contributed by atoms with Gasteiger partial charge < -0.3 is 29.7 Å². The van der Waals surface area contributed by atoms with E-state index in [1.165, 1.54) is 13.2 Å². The molecule has 0 unspecified atom stereocenters. The Kier molecular flexibility index (Phi) is 9.05. The van der Waals surface area contributed by atoms with Crippen LogP contribution >= 0.6 is 23.1 Å². The van der Waals surface area contributed by atoms with Gasteiger partial charge in [-0.3, -0.25) is 20.1 Å². The van der Waals surface area contributed by atoms with Crippen LogP contribution in [0.1, 0.15) is 0 Å². The molecule has 0 radical (unpaired) electrons. The molecule has 13 nitrogen and oxygen atoms in total. The van der Waals surface area contributed by atoms with E-state index in [1.807, 2.05) is 23.9 Å². The lowest BCUT2D eigenvalue weighted by atomic mass is 10.2. The minimum absolute atomic E-state index is 0.0893. The van der Waals surface area contributed by atoms with Gasteiger partial charge in [0, 0.05) is 50.9 Å². The van der Waals surface area contributed by atoms with Crippen LogP contribution in [0.4, 0.5) is 34.5 Å². The molecule has 4 rings (SSSR count). The lowest BCUT2D eigenvalue weighted by Gasteiger charge is -2.23. The van der Waals surface area contributed by atoms with Crippen LogP contribution in [0.5, 0.6) is 5.75 Å². The Labute approximate surface area is 246 Å². The van der Waals surface area contributed by atoms with Gasteiger partial charge in [0.15, 0.2) is 0 Å². The number of nitrogens with one attached hydrogen (secondary N) is 2. The molecule has 216 valence electrons. The number of nitrogens with zero attached hydrogens (tertiary/aromatic N) is 7. The Bertz CT molecular complexity index is 1650. The predicted molar refractivity (Wildman–Crippen MR) is 166 cm³/mol. The molecule has 2 heterocycles. The lowest BCUT2D eigenvalue weighted by Crippen LogP contribution is -2.28. The van der Waals surface area contributed by atoms with Gasteiger partial charge in [0.2, 0.25) is 5.95 Å². The second-order valence-electron chi connectivity index (χ2n) is 9.90. The molecule has 0 bridgehead atoms. The van der Waals surface area contributed by atoms with Crippen LogP contribution in [0.15, 0.2) is 47.3 Å². The summed E-state index contributed by atoms with van der Waals surface area (Å²) in [6.07, 6.45) is 4.69. The number of ether oxygens (including phenoxy) is 1. The molecule has 15 heteroatoms. The van der Waals surface area contributed by atoms with Crippen LogP contribution < -0.4 is 25.6 Å². The maximum atomic E-state index is 13.3. The van der Waals surface area contributed by atoms with Gasteiger partial charge in [-0.05, 0) is 55.5 Å². The highest BCUT2D eigenvalue weighted by Gasteiger charge is 2.24. The third kappa shape index (κ3) is 6.89. The van der Waals surface area contributed by atoms with Crippen molar-refractivity contribution in [1.29, 1.82) is 0 Å². The van der Waals surface area contributed by atoms with Crippen molar-refractivity contribution >= 4 is 73.9 Å². The quantitative estimate of drug-likeness (QED) is 0.131. The summed E-state index contributed by atoms with van der Waals surface area (Å²) >= 11 is 3.47. The minimum atomic E-state index is -2.80. The fourth-order valence-electron chi connectivity index (χ4n) is 4.18. The first-order valence-corrected chi connectivity index (χ1v) is 15.9. The normalized spacial score (nSPS) is 11.5. The molecule has 0 saturated carbocycles. The van der Waals surface area contributed by atoms with Gasteiger partial charge in [0.05, 0.1) is 38.7 Å².